The second kappa shape index (κ2) is 13.8. The summed E-state index contributed by atoms with van der Waals surface area (Å²) in [6, 6.07) is 0. The molecule has 0 aliphatic heterocycles. The largest absolute Gasteiger partial charge is 0.673 e. The van der Waals surface area contributed by atoms with E-state index in [1.807, 2.05) is 0 Å². The van der Waals surface area contributed by atoms with Gasteiger partial charge in [-0.2, -0.15) is 0 Å². The lowest BCUT2D eigenvalue weighted by Crippen LogP contribution is -2.79. The molecule has 0 aliphatic carbocycles. The molecule has 0 unspecified atom stereocenters. The number of nitrogens with two attached hydrogens (primary N) is 1. The summed E-state index contributed by atoms with van der Waals surface area (Å²) in [5.74, 6) is 0. The fourth-order valence-electron chi connectivity index (χ4n) is 1.48. The molecule has 6 heteroatoms. The van der Waals surface area contributed by atoms with E-state index in [0.717, 1.165) is 0 Å². The molecule has 0 saturated heterocycles. The zero-order valence-electron chi connectivity index (χ0n) is 11.0. The molecule has 106 valence electrons. The molecule has 0 heterocycles. The molecular formula is C11H26BF4N. The maximum atomic E-state index is 9.75. The molecule has 1 nitrogen and oxygen atoms in total. The molecule has 0 amide bonds. The summed E-state index contributed by atoms with van der Waals surface area (Å²) in [5.41, 5.74) is 0. The van der Waals surface area contributed by atoms with Gasteiger partial charge in [-0.1, -0.05) is 45.4 Å². The molecule has 0 fully saturated rings. The zero-order valence-corrected chi connectivity index (χ0v) is 11.0. The SMILES string of the molecule is CCCCCCCCCC[NH2+]C.F[B-](F)(F)F. The van der Waals surface area contributed by atoms with Crippen LogP contribution in [0.1, 0.15) is 58.3 Å². The maximum absolute atomic E-state index is 9.75. The third-order valence-corrected chi connectivity index (χ3v) is 2.35. The molecule has 0 aliphatic rings. The van der Waals surface area contributed by atoms with Crippen molar-refractivity contribution in [3.05, 3.63) is 0 Å². The van der Waals surface area contributed by atoms with Gasteiger partial charge in [0, 0.05) is 0 Å². The maximum Gasteiger partial charge on any atom is 0.673 e. The summed E-state index contributed by atoms with van der Waals surface area (Å²) in [4.78, 5) is 0. The minimum absolute atomic E-state index is 1.31. The third kappa shape index (κ3) is 38.9. The Kier molecular flexibility index (Phi) is 15.5. The Morgan fingerprint density at radius 2 is 1.12 bits per heavy atom. The van der Waals surface area contributed by atoms with E-state index in [1.165, 1.54) is 57.9 Å². The second-order valence-corrected chi connectivity index (χ2v) is 4.17. The van der Waals surface area contributed by atoms with Crippen LogP contribution in [0.5, 0.6) is 0 Å². The highest BCUT2D eigenvalue weighted by atomic mass is 19.5. The van der Waals surface area contributed by atoms with Gasteiger partial charge in [0.2, 0.25) is 0 Å². The van der Waals surface area contributed by atoms with E-state index >= 15 is 0 Å². The van der Waals surface area contributed by atoms with Crippen molar-refractivity contribution < 1.29 is 22.6 Å². The van der Waals surface area contributed by atoms with Crippen molar-refractivity contribution in [3.8, 4) is 0 Å². The first-order chi connectivity index (χ1) is 7.91. The summed E-state index contributed by atoms with van der Waals surface area (Å²) in [6.45, 7) is 3.59. The van der Waals surface area contributed by atoms with Crippen molar-refractivity contribution in [3.63, 3.8) is 0 Å². The molecule has 0 saturated carbocycles. The molecule has 0 aromatic carbocycles. The van der Waals surface area contributed by atoms with Crippen LogP contribution in [0, 0.1) is 0 Å². The van der Waals surface area contributed by atoms with Gasteiger partial charge >= 0.3 is 7.25 Å². The van der Waals surface area contributed by atoms with Crippen LogP contribution in [0.4, 0.5) is 17.3 Å². The minimum atomic E-state index is -6.00. The average Bonchev–Trinajstić information content (AvgIpc) is 2.20. The van der Waals surface area contributed by atoms with Crippen LogP contribution in [0.3, 0.4) is 0 Å². The number of hydrogen-bond donors (Lipinski definition) is 1. The van der Waals surface area contributed by atoms with Crippen LogP contribution in [0.2, 0.25) is 0 Å². The lowest BCUT2D eigenvalue weighted by Gasteiger charge is -1.99. The molecule has 2 N–H and O–H groups in total. The van der Waals surface area contributed by atoms with Gasteiger partial charge in [-0.25, -0.2) is 0 Å². The van der Waals surface area contributed by atoms with Crippen molar-refractivity contribution in [2.24, 2.45) is 0 Å². The Hall–Kier alpha value is -0.255. The molecule has 0 radical (unpaired) electrons. The van der Waals surface area contributed by atoms with Gasteiger partial charge in [0.05, 0.1) is 13.6 Å². The van der Waals surface area contributed by atoms with Gasteiger partial charge in [0.15, 0.2) is 0 Å². The fourth-order valence-corrected chi connectivity index (χ4v) is 1.48. The molecule has 0 aromatic heterocycles. The van der Waals surface area contributed by atoms with E-state index in [-0.39, 0.29) is 0 Å². The number of unbranched alkanes of at least 4 members (excludes halogenated alkanes) is 7. The minimum Gasteiger partial charge on any atom is -0.418 e. The topological polar surface area (TPSA) is 16.6 Å². The quantitative estimate of drug-likeness (QED) is 0.370. The second-order valence-electron chi connectivity index (χ2n) is 4.17. The van der Waals surface area contributed by atoms with Crippen LogP contribution in [-0.2, 0) is 0 Å². The number of hydrogen-bond acceptors (Lipinski definition) is 0. The van der Waals surface area contributed by atoms with Gasteiger partial charge < -0.3 is 22.6 Å². The van der Waals surface area contributed by atoms with Crippen LogP contribution >= 0.6 is 0 Å². The predicted molar refractivity (Wildman–Crippen MR) is 65.5 cm³/mol. The van der Waals surface area contributed by atoms with Crippen molar-refractivity contribution in [1.82, 2.24) is 0 Å². The highest BCUT2D eigenvalue weighted by Gasteiger charge is 2.20. The normalized spacial score (nSPS) is 10.9. The molecule has 0 bridgehead atoms. The highest BCUT2D eigenvalue weighted by molar-refractivity contribution is 6.50. The van der Waals surface area contributed by atoms with E-state index in [0.29, 0.717) is 0 Å². The zero-order chi connectivity index (χ0) is 13.6. The Balaban J connectivity index is 0. The van der Waals surface area contributed by atoms with Gasteiger partial charge in [0.25, 0.3) is 0 Å². The highest BCUT2D eigenvalue weighted by Crippen LogP contribution is 2.07. The molecule has 0 aromatic rings. The monoisotopic (exact) mass is 259 g/mol. The van der Waals surface area contributed by atoms with E-state index in [1.54, 1.807) is 0 Å². The Labute approximate surface area is 102 Å². The predicted octanol–water partition coefficient (Wildman–Crippen LogP) is 3.62. The molecule has 0 rings (SSSR count). The summed E-state index contributed by atoms with van der Waals surface area (Å²) in [6.07, 6.45) is 11.5. The number of halogens is 4. The lowest BCUT2D eigenvalue weighted by molar-refractivity contribution is -0.627. The first-order valence-electron chi connectivity index (χ1n) is 6.57. The van der Waals surface area contributed by atoms with Crippen LogP contribution in [0.15, 0.2) is 0 Å². The Bertz CT molecular complexity index is 126. The van der Waals surface area contributed by atoms with Crippen LogP contribution in [0.25, 0.3) is 0 Å². The van der Waals surface area contributed by atoms with Crippen molar-refractivity contribution in [2.45, 2.75) is 58.3 Å². The van der Waals surface area contributed by atoms with Crippen LogP contribution in [-0.4, -0.2) is 20.8 Å². The number of rotatable bonds is 9. The molecule has 0 spiro atoms. The summed E-state index contributed by atoms with van der Waals surface area (Å²) >= 11 is 0. The molecule has 0 atom stereocenters. The van der Waals surface area contributed by atoms with Gasteiger partial charge in [0.1, 0.15) is 0 Å². The van der Waals surface area contributed by atoms with Gasteiger partial charge in [-0.3, -0.25) is 0 Å². The van der Waals surface area contributed by atoms with Crippen molar-refractivity contribution in [1.29, 1.82) is 0 Å². The van der Waals surface area contributed by atoms with Gasteiger partial charge in [-0.15, -0.1) is 0 Å². The van der Waals surface area contributed by atoms with E-state index < -0.39 is 7.25 Å². The van der Waals surface area contributed by atoms with E-state index in [4.69, 9.17) is 0 Å². The van der Waals surface area contributed by atoms with Gasteiger partial charge in [-0.05, 0) is 12.8 Å². The van der Waals surface area contributed by atoms with E-state index in [9.17, 15) is 17.3 Å². The fraction of sp³-hybridized carbons (Fsp3) is 1.00. The Morgan fingerprint density at radius 3 is 1.47 bits per heavy atom. The third-order valence-electron chi connectivity index (χ3n) is 2.35. The van der Waals surface area contributed by atoms with Crippen molar-refractivity contribution in [2.75, 3.05) is 13.6 Å². The smallest absolute Gasteiger partial charge is 0.418 e. The lowest BCUT2D eigenvalue weighted by atomic mass is 10.1. The average molecular weight is 259 g/mol. The van der Waals surface area contributed by atoms with Crippen LogP contribution < -0.4 is 5.32 Å². The number of quaternary nitrogens is 1. The molecule has 17 heavy (non-hydrogen) atoms. The van der Waals surface area contributed by atoms with E-state index in [2.05, 4.69) is 19.3 Å². The summed E-state index contributed by atoms with van der Waals surface area (Å²) < 4.78 is 39.0. The molecular weight excluding hydrogens is 233 g/mol. The Morgan fingerprint density at radius 1 is 0.765 bits per heavy atom. The first kappa shape index (κ1) is 19.1. The summed E-state index contributed by atoms with van der Waals surface area (Å²) in [5, 5.41) is 2.27. The standard InChI is InChI=1S/C11H25N.BF4/c1-3-4-5-6-7-8-9-10-11-12-2;2-1(3,4)5/h12H,3-11H2,1-2H3;/q;-1/p+1. The summed E-state index contributed by atoms with van der Waals surface area (Å²) in [7, 11) is -3.85. The first-order valence-corrected chi connectivity index (χ1v) is 6.57. The van der Waals surface area contributed by atoms with Crippen molar-refractivity contribution >= 4 is 7.25 Å².